The Bertz CT molecular complexity index is 641. The number of hydrogen-bond acceptors (Lipinski definition) is 5. The van der Waals surface area contributed by atoms with Crippen molar-refractivity contribution in [3.05, 3.63) is 29.8 Å². The Morgan fingerprint density at radius 2 is 1.74 bits per heavy atom. The zero-order valence-electron chi connectivity index (χ0n) is 15.9. The minimum atomic E-state index is 0.0254. The van der Waals surface area contributed by atoms with Gasteiger partial charge in [0.1, 0.15) is 11.9 Å². The fraction of sp³-hybridized carbons (Fsp3) is 0.600. The molecule has 7 nitrogen and oxygen atoms in total. The van der Waals surface area contributed by atoms with Crippen LogP contribution < -0.4 is 10.5 Å². The van der Waals surface area contributed by atoms with Crippen LogP contribution in [0.5, 0.6) is 5.75 Å². The van der Waals surface area contributed by atoms with Gasteiger partial charge in [-0.25, -0.2) is 0 Å². The number of likely N-dealkylation sites (tertiary alicyclic amines) is 2. The topological polar surface area (TPSA) is 85.1 Å². The van der Waals surface area contributed by atoms with Gasteiger partial charge < -0.3 is 25.0 Å². The van der Waals surface area contributed by atoms with Crippen molar-refractivity contribution in [2.75, 3.05) is 39.9 Å². The van der Waals surface area contributed by atoms with Gasteiger partial charge in [-0.1, -0.05) is 0 Å². The summed E-state index contributed by atoms with van der Waals surface area (Å²) in [5.74, 6) is 0.922. The highest BCUT2D eigenvalue weighted by Gasteiger charge is 2.25. The Morgan fingerprint density at radius 3 is 2.33 bits per heavy atom. The van der Waals surface area contributed by atoms with E-state index < -0.39 is 0 Å². The van der Waals surface area contributed by atoms with Crippen LogP contribution in [-0.4, -0.2) is 73.7 Å². The number of nitrogens with zero attached hydrogens (tertiary/aromatic N) is 2. The fourth-order valence-electron chi connectivity index (χ4n) is 3.59. The predicted molar refractivity (Wildman–Crippen MR) is 102 cm³/mol. The second kappa shape index (κ2) is 9.19. The molecule has 2 saturated heterocycles. The third kappa shape index (κ3) is 5.20. The average molecular weight is 375 g/mol. The molecule has 1 aromatic rings. The second-order valence-electron chi connectivity index (χ2n) is 7.27. The van der Waals surface area contributed by atoms with Crippen molar-refractivity contribution in [3.8, 4) is 5.75 Å². The summed E-state index contributed by atoms with van der Waals surface area (Å²) in [7, 11) is 1.60. The highest BCUT2D eigenvalue weighted by atomic mass is 16.5. The van der Waals surface area contributed by atoms with E-state index in [2.05, 4.69) is 0 Å². The molecule has 0 aliphatic carbocycles. The first-order chi connectivity index (χ1) is 13.1. The number of amides is 2. The average Bonchev–Trinajstić information content (AvgIpc) is 3.13. The monoisotopic (exact) mass is 375 g/mol. The SMILES string of the molecule is COCCC(=O)N1CCC(Oc2ccc(C(=O)N3CC[C@H](N)C3)cc2)CC1. The van der Waals surface area contributed by atoms with Gasteiger partial charge in [0.25, 0.3) is 5.91 Å². The molecule has 2 N–H and O–H groups in total. The Kier molecular flexibility index (Phi) is 6.68. The van der Waals surface area contributed by atoms with Gasteiger partial charge in [-0.3, -0.25) is 9.59 Å². The molecule has 0 radical (unpaired) electrons. The Labute approximate surface area is 160 Å². The van der Waals surface area contributed by atoms with Crippen molar-refractivity contribution >= 4 is 11.8 Å². The molecule has 0 unspecified atom stereocenters. The molecular weight excluding hydrogens is 346 g/mol. The van der Waals surface area contributed by atoms with Gasteiger partial charge in [0.05, 0.1) is 13.0 Å². The van der Waals surface area contributed by atoms with Gasteiger partial charge >= 0.3 is 0 Å². The van der Waals surface area contributed by atoms with Crippen LogP contribution in [0.2, 0.25) is 0 Å². The van der Waals surface area contributed by atoms with Gasteiger partial charge in [0.2, 0.25) is 5.91 Å². The second-order valence-corrected chi connectivity index (χ2v) is 7.27. The normalized spacial score (nSPS) is 20.7. The molecule has 148 valence electrons. The van der Waals surface area contributed by atoms with Crippen LogP contribution in [0.25, 0.3) is 0 Å². The number of benzene rings is 1. The van der Waals surface area contributed by atoms with E-state index in [1.165, 1.54) is 0 Å². The largest absolute Gasteiger partial charge is 0.490 e. The lowest BCUT2D eigenvalue weighted by Crippen LogP contribution is -2.42. The van der Waals surface area contributed by atoms with Gasteiger partial charge in [0.15, 0.2) is 0 Å². The first-order valence-corrected chi connectivity index (χ1v) is 9.65. The molecule has 0 aromatic heterocycles. The van der Waals surface area contributed by atoms with Crippen LogP contribution in [0.1, 0.15) is 36.0 Å². The molecule has 27 heavy (non-hydrogen) atoms. The number of methoxy groups -OCH3 is 1. The summed E-state index contributed by atoms with van der Waals surface area (Å²) in [6, 6.07) is 7.40. The van der Waals surface area contributed by atoms with E-state index in [1.54, 1.807) is 12.0 Å². The van der Waals surface area contributed by atoms with Crippen LogP contribution in [0.4, 0.5) is 0 Å². The molecule has 7 heteroatoms. The molecular formula is C20H29N3O4. The third-order valence-corrected chi connectivity index (χ3v) is 5.23. The van der Waals surface area contributed by atoms with Crippen molar-refractivity contribution in [1.82, 2.24) is 9.80 Å². The quantitative estimate of drug-likeness (QED) is 0.809. The van der Waals surface area contributed by atoms with E-state index >= 15 is 0 Å². The van der Waals surface area contributed by atoms with Crippen LogP contribution >= 0.6 is 0 Å². The van der Waals surface area contributed by atoms with Crippen LogP contribution in [0.3, 0.4) is 0 Å². The van der Waals surface area contributed by atoms with Crippen molar-refractivity contribution in [2.24, 2.45) is 5.73 Å². The zero-order chi connectivity index (χ0) is 19.2. The molecule has 1 atom stereocenters. The Balaban J connectivity index is 1.46. The number of rotatable bonds is 6. The van der Waals surface area contributed by atoms with Crippen molar-refractivity contribution < 1.29 is 19.1 Å². The standard InChI is InChI=1S/C20H29N3O4/c1-26-13-9-19(24)22-11-7-18(8-12-22)27-17-4-2-15(3-5-17)20(25)23-10-6-16(21)14-23/h2-5,16,18H,6-14,21H2,1H3/t16-/m0/s1. The summed E-state index contributed by atoms with van der Waals surface area (Å²) >= 11 is 0. The highest BCUT2D eigenvalue weighted by molar-refractivity contribution is 5.94. The fourth-order valence-corrected chi connectivity index (χ4v) is 3.59. The number of carbonyl (C=O) groups excluding carboxylic acids is 2. The molecule has 2 fully saturated rings. The maximum atomic E-state index is 12.5. The molecule has 2 aliphatic rings. The van der Waals surface area contributed by atoms with Gasteiger partial charge in [-0.05, 0) is 30.7 Å². The molecule has 2 amide bonds. The molecule has 1 aromatic carbocycles. The summed E-state index contributed by atoms with van der Waals surface area (Å²) < 4.78 is 11.0. The van der Waals surface area contributed by atoms with E-state index in [4.69, 9.17) is 15.2 Å². The molecule has 0 spiro atoms. The summed E-state index contributed by atoms with van der Waals surface area (Å²) in [5, 5.41) is 0. The minimum Gasteiger partial charge on any atom is -0.490 e. The number of hydrogen-bond donors (Lipinski definition) is 1. The lowest BCUT2D eigenvalue weighted by Gasteiger charge is -2.32. The molecule has 2 heterocycles. The maximum absolute atomic E-state index is 12.5. The Morgan fingerprint density at radius 1 is 1.07 bits per heavy atom. The van der Waals surface area contributed by atoms with E-state index in [1.807, 2.05) is 29.2 Å². The van der Waals surface area contributed by atoms with E-state index in [-0.39, 0.29) is 24.0 Å². The number of ether oxygens (including phenoxy) is 2. The first kappa shape index (κ1) is 19.6. The van der Waals surface area contributed by atoms with Crippen LogP contribution in [-0.2, 0) is 9.53 Å². The molecule has 2 aliphatic heterocycles. The van der Waals surface area contributed by atoms with Gasteiger partial charge in [0, 0.05) is 57.7 Å². The van der Waals surface area contributed by atoms with Crippen molar-refractivity contribution in [1.29, 1.82) is 0 Å². The summed E-state index contributed by atoms with van der Waals surface area (Å²) in [6.07, 6.45) is 3.00. The number of carbonyl (C=O) groups is 2. The smallest absolute Gasteiger partial charge is 0.253 e. The third-order valence-electron chi connectivity index (χ3n) is 5.23. The van der Waals surface area contributed by atoms with E-state index in [0.29, 0.717) is 38.2 Å². The zero-order valence-corrected chi connectivity index (χ0v) is 15.9. The predicted octanol–water partition coefficient (Wildman–Crippen LogP) is 1.27. The van der Waals surface area contributed by atoms with Gasteiger partial charge in [-0.15, -0.1) is 0 Å². The Hall–Kier alpha value is -2.12. The van der Waals surface area contributed by atoms with E-state index in [0.717, 1.165) is 31.6 Å². The first-order valence-electron chi connectivity index (χ1n) is 9.65. The number of piperidine rings is 1. The number of nitrogens with two attached hydrogens (primary N) is 1. The van der Waals surface area contributed by atoms with Crippen molar-refractivity contribution in [3.63, 3.8) is 0 Å². The summed E-state index contributed by atoms with van der Waals surface area (Å²) in [4.78, 5) is 28.1. The summed E-state index contributed by atoms with van der Waals surface area (Å²) in [5.41, 5.74) is 6.54. The van der Waals surface area contributed by atoms with E-state index in [9.17, 15) is 9.59 Å². The lowest BCUT2D eigenvalue weighted by atomic mass is 10.1. The molecule has 0 bridgehead atoms. The lowest BCUT2D eigenvalue weighted by molar-refractivity contribution is -0.133. The van der Waals surface area contributed by atoms with Gasteiger partial charge in [-0.2, -0.15) is 0 Å². The molecule has 3 rings (SSSR count). The van der Waals surface area contributed by atoms with Crippen LogP contribution in [0, 0.1) is 0 Å². The maximum Gasteiger partial charge on any atom is 0.253 e. The summed E-state index contributed by atoms with van der Waals surface area (Å²) in [6.45, 7) is 3.22. The molecule has 0 saturated carbocycles. The minimum absolute atomic E-state index is 0.0254. The van der Waals surface area contributed by atoms with Crippen LogP contribution in [0.15, 0.2) is 24.3 Å². The highest BCUT2D eigenvalue weighted by Crippen LogP contribution is 2.21. The van der Waals surface area contributed by atoms with Crippen molar-refractivity contribution in [2.45, 2.75) is 37.8 Å².